The third-order valence-electron chi connectivity index (χ3n) is 1.41. The van der Waals surface area contributed by atoms with Crippen molar-refractivity contribution in [3.63, 3.8) is 0 Å². The normalized spacial score (nSPS) is 9.50. The van der Waals surface area contributed by atoms with Crippen LogP contribution in [-0.2, 0) is 0 Å². The predicted octanol–water partition coefficient (Wildman–Crippen LogP) is 1.61. The molecule has 12 heavy (non-hydrogen) atoms. The van der Waals surface area contributed by atoms with E-state index in [2.05, 4.69) is 10.2 Å². The number of pyridine rings is 1. The van der Waals surface area contributed by atoms with Gasteiger partial charge in [0.05, 0.1) is 0 Å². The highest BCUT2D eigenvalue weighted by Gasteiger charge is 2.06. The van der Waals surface area contributed by atoms with Gasteiger partial charge in [0.2, 0.25) is 0 Å². The van der Waals surface area contributed by atoms with Crippen LogP contribution in [0.15, 0.2) is 17.3 Å². The van der Waals surface area contributed by atoms with Crippen LogP contribution in [0.1, 0.15) is 21.7 Å². The van der Waals surface area contributed by atoms with Crippen LogP contribution in [0.5, 0.6) is 0 Å². The summed E-state index contributed by atoms with van der Waals surface area (Å²) in [7, 11) is 0. The van der Waals surface area contributed by atoms with Crippen molar-refractivity contribution in [1.29, 1.82) is 0 Å². The second-order valence-corrected chi connectivity index (χ2v) is 2.54. The van der Waals surface area contributed by atoms with Crippen molar-refractivity contribution in [2.45, 2.75) is 13.8 Å². The molecule has 0 fully saturated rings. The van der Waals surface area contributed by atoms with Crippen molar-refractivity contribution < 1.29 is 4.79 Å². The van der Waals surface area contributed by atoms with E-state index >= 15 is 0 Å². The monoisotopic (exact) mass is 164 g/mol. The van der Waals surface area contributed by atoms with Crippen LogP contribution in [0.25, 0.3) is 0 Å². The quantitative estimate of drug-likeness (QED) is 0.592. The molecule has 0 N–H and O–H groups in total. The molecule has 0 aliphatic carbocycles. The number of nitrogens with zero attached hydrogens (tertiary/aromatic N) is 2. The number of aryl methyl sites for hydroxylation is 2. The molecule has 0 bridgehead atoms. The SMILES string of the molecule is Cc1cc(C(=O)N=O)cc(C)n1. The van der Waals surface area contributed by atoms with Gasteiger partial charge in [-0.15, -0.1) is 4.91 Å². The molecule has 1 heterocycles. The maximum atomic E-state index is 10.8. The Labute approximate surface area is 69.6 Å². The number of hydrogen-bond donors (Lipinski definition) is 0. The van der Waals surface area contributed by atoms with Crippen molar-refractivity contribution >= 4 is 5.91 Å². The first kappa shape index (κ1) is 8.52. The highest BCUT2D eigenvalue weighted by molar-refractivity contribution is 5.94. The number of carbonyl (C=O) groups is 1. The molecule has 0 aliphatic rings. The highest BCUT2D eigenvalue weighted by atomic mass is 16.3. The molecule has 4 heteroatoms. The van der Waals surface area contributed by atoms with Gasteiger partial charge in [0.15, 0.2) is 0 Å². The summed E-state index contributed by atoms with van der Waals surface area (Å²) in [5.74, 6) is -0.747. The maximum Gasteiger partial charge on any atom is 0.316 e. The summed E-state index contributed by atoms with van der Waals surface area (Å²) in [5.41, 5.74) is 1.72. The van der Waals surface area contributed by atoms with Gasteiger partial charge in [0.25, 0.3) is 0 Å². The largest absolute Gasteiger partial charge is 0.316 e. The molecule has 4 nitrogen and oxygen atoms in total. The summed E-state index contributed by atoms with van der Waals surface area (Å²) in [5, 5.41) is 2.32. The summed E-state index contributed by atoms with van der Waals surface area (Å²) in [6, 6.07) is 3.08. The van der Waals surface area contributed by atoms with Gasteiger partial charge in [0.1, 0.15) is 0 Å². The molecule has 1 aromatic heterocycles. The van der Waals surface area contributed by atoms with E-state index in [0.29, 0.717) is 17.0 Å². The average molecular weight is 164 g/mol. The van der Waals surface area contributed by atoms with E-state index in [0.717, 1.165) is 0 Å². The van der Waals surface area contributed by atoms with Crippen LogP contribution in [0.4, 0.5) is 0 Å². The lowest BCUT2D eigenvalue weighted by Gasteiger charge is -1.97. The second kappa shape index (κ2) is 3.21. The molecule has 0 atom stereocenters. The Morgan fingerprint density at radius 2 is 1.83 bits per heavy atom. The zero-order valence-electron chi connectivity index (χ0n) is 6.87. The fourth-order valence-corrected chi connectivity index (χ4v) is 1.01. The number of aromatic nitrogens is 1. The lowest BCUT2D eigenvalue weighted by atomic mass is 10.2. The molecular formula is C8H8N2O2. The molecule has 1 amide bonds. The lowest BCUT2D eigenvalue weighted by molar-refractivity contribution is 0.100. The molecule has 0 unspecified atom stereocenters. The Morgan fingerprint density at radius 3 is 2.25 bits per heavy atom. The summed E-state index contributed by atoms with van der Waals surface area (Å²) < 4.78 is 0. The Morgan fingerprint density at radius 1 is 1.33 bits per heavy atom. The molecule has 1 aromatic rings. The number of amides is 1. The van der Waals surface area contributed by atoms with Crippen molar-refractivity contribution in [2.24, 2.45) is 5.18 Å². The standard InChI is InChI=1S/C8H8N2O2/c1-5-3-7(8(11)10-12)4-6(2)9-5/h3-4H,1-2H3. The average Bonchev–Trinajstić information content (AvgIpc) is 2.01. The summed E-state index contributed by atoms with van der Waals surface area (Å²) >= 11 is 0. The van der Waals surface area contributed by atoms with E-state index in [1.54, 1.807) is 13.8 Å². The zero-order valence-corrected chi connectivity index (χ0v) is 6.87. The molecule has 0 saturated heterocycles. The third kappa shape index (κ3) is 1.72. The van der Waals surface area contributed by atoms with Crippen molar-refractivity contribution in [3.05, 3.63) is 34.0 Å². The maximum absolute atomic E-state index is 10.8. The number of hydrogen-bond acceptors (Lipinski definition) is 3. The Bertz CT molecular complexity index is 314. The van der Waals surface area contributed by atoms with Gasteiger partial charge in [-0.2, -0.15) is 0 Å². The summed E-state index contributed by atoms with van der Waals surface area (Å²) in [6.45, 7) is 3.52. The van der Waals surface area contributed by atoms with Gasteiger partial charge < -0.3 is 0 Å². The smallest absolute Gasteiger partial charge is 0.263 e. The minimum absolute atomic E-state index is 0.301. The summed E-state index contributed by atoms with van der Waals surface area (Å²) in [4.78, 5) is 24.8. The molecule has 0 saturated carbocycles. The van der Waals surface area contributed by atoms with Gasteiger partial charge >= 0.3 is 5.91 Å². The molecule has 0 radical (unpaired) electrons. The first-order chi connectivity index (χ1) is 5.63. The van der Waals surface area contributed by atoms with E-state index in [-0.39, 0.29) is 0 Å². The first-order valence-electron chi connectivity index (χ1n) is 3.46. The number of carbonyl (C=O) groups excluding carboxylic acids is 1. The summed E-state index contributed by atoms with van der Waals surface area (Å²) in [6.07, 6.45) is 0. The van der Waals surface area contributed by atoms with E-state index < -0.39 is 5.91 Å². The van der Waals surface area contributed by atoms with Crippen LogP contribution in [-0.4, -0.2) is 10.9 Å². The van der Waals surface area contributed by atoms with Gasteiger partial charge in [-0.1, -0.05) is 0 Å². The van der Waals surface area contributed by atoms with Gasteiger partial charge in [0, 0.05) is 22.1 Å². The van der Waals surface area contributed by atoms with E-state index in [9.17, 15) is 9.70 Å². The Balaban J connectivity index is 3.17. The number of nitroso groups, excluding NO2 is 1. The fourth-order valence-electron chi connectivity index (χ4n) is 1.01. The zero-order chi connectivity index (χ0) is 9.14. The molecule has 1 rings (SSSR count). The molecule has 0 aliphatic heterocycles. The minimum atomic E-state index is -0.747. The molecule has 62 valence electrons. The van der Waals surface area contributed by atoms with Crippen LogP contribution in [0, 0.1) is 18.8 Å². The molecule has 0 aromatic carbocycles. The lowest BCUT2D eigenvalue weighted by Crippen LogP contribution is -1.97. The minimum Gasteiger partial charge on any atom is -0.263 e. The molecular weight excluding hydrogens is 156 g/mol. The van der Waals surface area contributed by atoms with E-state index in [4.69, 9.17) is 0 Å². The Hall–Kier alpha value is -1.58. The topological polar surface area (TPSA) is 59.4 Å². The van der Waals surface area contributed by atoms with Crippen molar-refractivity contribution in [3.8, 4) is 0 Å². The van der Waals surface area contributed by atoms with Gasteiger partial charge in [-0.05, 0) is 26.0 Å². The third-order valence-corrected chi connectivity index (χ3v) is 1.41. The Kier molecular flexibility index (Phi) is 2.28. The fraction of sp³-hybridized carbons (Fsp3) is 0.250. The second-order valence-electron chi connectivity index (χ2n) is 2.54. The van der Waals surface area contributed by atoms with Crippen LogP contribution in [0.3, 0.4) is 0 Å². The van der Waals surface area contributed by atoms with Crippen LogP contribution < -0.4 is 0 Å². The number of rotatable bonds is 1. The van der Waals surface area contributed by atoms with Crippen molar-refractivity contribution in [2.75, 3.05) is 0 Å². The molecule has 0 spiro atoms. The van der Waals surface area contributed by atoms with Crippen LogP contribution in [0.2, 0.25) is 0 Å². The van der Waals surface area contributed by atoms with Gasteiger partial charge in [-0.3, -0.25) is 9.78 Å². The van der Waals surface area contributed by atoms with E-state index in [1.807, 2.05) is 0 Å². The van der Waals surface area contributed by atoms with Crippen LogP contribution >= 0.6 is 0 Å². The predicted molar refractivity (Wildman–Crippen MR) is 43.8 cm³/mol. The van der Waals surface area contributed by atoms with Crippen molar-refractivity contribution in [1.82, 2.24) is 4.98 Å². The highest BCUT2D eigenvalue weighted by Crippen LogP contribution is 2.05. The van der Waals surface area contributed by atoms with E-state index in [1.165, 1.54) is 12.1 Å². The first-order valence-corrected chi connectivity index (χ1v) is 3.46. The van der Waals surface area contributed by atoms with Gasteiger partial charge in [-0.25, -0.2) is 0 Å².